The van der Waals surface area contributed by atoms with E-state index in [1.807, 2.05) is 18.2 Å². The molecule has 0 atom stereocenters. The normalized spacial score (nSPS) is 15.3. The summed E-state index contributed by atoms with van der Waals surface area (Å²) in [5, 5.41) is 4.24. The molecule has 1 amide bonds. The molecule has 2 N–H and O–H groups in total. The number of aromatic nitrogens is 2. The maximum absolute atomic E-state index is 13.0. The number of aromatic amines is 1. The Hall–Kier alpha value is -3.08. The van der Waals surface area contributed by atoms with E-state index in [9.17, 15) is 9.59 Å². The van der Waals surface area contributed by atoms with Crippen molar-refractivity contribution in [2.45, 2.75) is 25.8 Å². The third-order valence-electron chi connectivity index (χ3n) is 6.78. The molecule has 0 aliphatic carbocycles. The van der Waals surface area contributed by atoms with Crippen LogP contribution in [0.5, 0.6) is 11.5 Å². The SMILES string of the molecule is O=C(CCCn1c(=S)[nH]c2cc3c(cc2c1=O)OCO3)NCCCN1CCN(c2cccc(Cl)c2)CC1. The molecular weight excluding hydrogens is 514 g/mol. The molecule has 2 aromatic carbocycles. The molecule has 1 fully saturated rings. The molecule has 11 heteroatoms. The Labute approximate surface area is 224 Å². The number of carbonyl (C=O) groups excluding carboxylic acids is 1. The fraction of sp³-hybridized carbons (Fsp3) is 0.423. The number of carbonyl (C=O) groups is 1. The first kappa shape index (κ1) is 25.6. The van der Waals surface area contributed by atoms with E-state index in [1.165, 1.54) is 10.3 Å². The Kier molecular flexibility index (Phi) is 7.97. The lowest BCUT2D eigenvalue weighted by molar-refractivity contribution is -0.121. The lowest BCUT2D eigenvalue weighted by Crippen LogP contribution is -2.47. The number of benzene rings is 2. The summed E-state index contributed by atoms with van der Waals surface area (Å²) in [5.41, 5.74) is 1.57. The predicted octanol–water partition coefficient (Wildman–Crippen LogP) is 3.55. The van der Waals surface area contributed by atoms with Gasteiger partial charge in [-0.25, -0.2) is 0 Å². The smallest absolute Gasteiger partial charge is 0.262 e. The largest absolute Gasteiger partial charge is 0.454 e. The highest BCUT2D eigenvalue weighted by atomic mass is 35.5. The van der Waals surface area contributed by atoms with Crippen LogP contribution in [0.25, 0.3) is 10.9 Å². The van der Waals surface area contributed by atoms with Crippen LogP contribution < -0.4 is 25.2 Å². The van der Waals surface area contributed by atoms with Gasteiger partial charge in [0.1, 0.15) is 0 Å². The van der Waals surface area contributed by atoms with Gasteiger partial charge >= 0.3 is 0 Å². The third kappa shape index (κ3) is 6.08. The molecule has 1 aromatic heterocycles. The molecule has 37 heavy (non-hydrogen) atoms. The Morgan fingerprint density at radius 2 is 1.84 bits per heavy atom. The number of halogens is 1. The molecule has 9 nitrogen and oxygen atoms in total. The van der Waals surface area contributed by atoms with Crippen molar-refractivity contribution in [3.05, 3.63) is 56.5 Å². The van der Waals surface area contributed by atoms with Crippen molar-refractivity contribution in [3.63, 3.8) is 0 Å². The third-order valence-corrected chi connectivity index (χ3v) is 7.34. The van der Waals surface area contributed by atoms with Crippen LogP contribution in [0.1, 0.15) is 19.3 Å². The second kappa shape index (κ2) is 11.5. The van der Waals surface area contributed by atoms with Gasteiger partial charge < -0.3 is 24.7 Å². The number of hydrogen-bond acceptors (Lipinski definition) is 7. The highest BCUT2D eigenvalue weighted by Gasteiger charge is 2.18. The molecule has 2 aliphatic heterocycles. The number of anilines is 1. The fourth-order valence-electron chi connectivity index (χ4n) is 4.76. The van der Waals surface area contributed by atoms with Crippen molar-refractivity contribution in [1.82, 2.24) is 19.8 Å². The standard InChI is InChI=1S/C26H30ClN5O4S/c27-18-4-1-5-19(14-18)31-12-10-30(11-13-31)8-3-7-28-24(33)6-2-9-32-25(34)20-15-22-23(36-17-35-22)16-21(20)29-26(32)37/h1,4-5,14-16H,2-3,6-13,17H2,(H,28,33)(H,29,37). The molecule has 2 aliphatic rings. The van der Waals surface area contributed by atoms with Crippen LogP contribution in [0.4, 0.5) is 5.69 Å². The van der Waals surface area contributed by atoms with Crippen molar-refractivity contribution in [1.29, 1.82) is 0 Å². The van der Waals surface area contributed by atoms with Gasteiger partial charge in [-0.3, -0.25) is 19.1 Å². The minimum Gasteiger partial charge on any atom is -0.454 e. The van der Waals surface area contributed by atoms with Crippen molar-refractivity contribution in [2.24, 2.45) is 0 Å². The van der Waals surface area contributed by atoms with E-state index in [-0.39, 0.29) is 18.3 Å². The summed E-state index contributed by atoms with van der Waals surface area (Å²) in [5.74, 6) is 1.12. The zero-order valence-electron chi connectivity index (χ0n) is 20.5. The molecule has 0 saturated carbocycles. The number of nitrogens with zero attached hydrogens (tertiary/aromatic N) is 3. The first-order valence-corrected chi connectivity index (χ1v) is 13.3. The quantitative estimate of drug-likeness (QED) is 0.315. The summed E-state index contributed by atoms with van der Waals surface area (Å²) in [6, 6.07) is 11.4. The van der Waals surface area contributed by atoms with Gasteiger partial charge in [0.05, 0.1) is 10.9 Å². The van der Waals surface area contributed by atoms with E-state index < -0.39 is 0 Å². The minimum atomic E-state index is -0.201. The van der Waals surface area contributed by atoms with Gasteiger partial charge in [-0.2, -0.15) is 0 Å². The molecule has 5 rings (SSSR count). The van der Waals surface area contributed by atoms with Gasteiger partial charge in [0.25, 0.3) is 5.56 Å². The second-order valence-electron chi connectivity index (χ2n) is 9.25. The summed E-state index contributed by atoms with van der Waals surface area (Å²) in [7, 11) is 0. The number of fused-ring (bicyclic) bond motifs is 2. The van der Waals surface area contributed by atoms with Gasteiger partial charge in [0.15, 0.2) is 16.3 Å². The lowest BCUT2D eigenvalue weighted by Gasteiger charge is -2.36. The molecule has 3 heterocycles. The van der Waals surface area contributed by atoms with Crippen LogP contribution in [0.2, 0.25) is 5.02 Å². The Morgan fingerprint density at radius 1 is 1.05 bits per heavy atom. The van der Waals surface area contributed by atoms with E-state index in [4.69, 9.17) is 33.3 Å². The van der Waals surface area contributed by atoms with Crippen molar-refractivity contribution < 1.29 is 14.3 Å². The van der Waals surface area contributed by atoms with Crippen LogP contribution in [0.15, 0.2) is 41.2 Å². The fourth-order valence-corrected chi connectivity index (χ4v) is 5.23. The number of nitrogens with one attached hydrogen (secondary N) is 2. The van der Waals surface area contributed by atoms with Gasteiger partial charge in [-0.05, 0) is 55.9 Å². The molecule has 0 unspecified atom stereocenters. The summed E-state index contributed by atoms with van der Waals surface area (Å²) < 4.78 is 12.6. The van der Waals surface area contributed by atoms with Crippen LogP contribution in [0, 0.1) is 4.77 Å². The molecule has 3 aromatic rings. The number of hydrogen-bond donors (Lipinski definition) is 2. The summed E-state index contributed by atoms with van der Waals surface area (Å²) >= 11 is 11.5. The topological polar surface area (TPSA) is 91.8 Å². The van der Waals surface area contributed by atoms with Gasteiger partial charge in [-0.1, -0.05) is 17.7 Å². The van der Waals surface area contributed by atoms with Crippen LogP contribution in [-0.4, -0.2) is 66.4 Å². The Bertz CT molecular complexity index is 1400. The summed E-state index contributed by atoms with van der Waals surface area (Å²) in [6.45, 7) is 5.99. The van der Waals surface area contributed by atoms with E-state index in [2.05, 4.69) is 26.2 Å². The average molecular weight is 544 g/mol. The molecule has 1 saturated heterocycles. The zero-order chi connectivity index (χ0) is 25.8. The van der Waals surface area contributed by atoms with E-state index in [0.717, 1.165) is 44.2 Å². The summed E-state index contributed by atoms with van der Waals surface area (Å²) in [6.07, 6.45) is 1.75. The van der Waals surface area contributed by atoms with Crippen molar-refractivity contribution in [3.8, 4) is 11.5 Å². The number of H-pyrrole nitrogens is 1. The Morgan fingerprint density at radius 3 is 2.62 bits per heavy atom. The predicted molar refractivity (Wildman–Crippen MR) is 146 cm³/mol. The number of rotatable bonds is 9. The number of piperazine rings is 1. The minimum absolute atomic E-state index is 0.0159. The number of amides is 1. The van der Waals surface area contributed by atoms with Crippen LogP contribution in [0.3, 0.4) is 0 Å². The molecule has 196 valence electrons. The van der Waals surface area contributed by atoms with Crippen LogP contribution >= 0.6 is 23.8 Å². The van der Waals surface area contributed by atoms with Crippen molar-refractivity contribution in [2.75, 3.05) is 51.0 Å². The lowest BCUT2D eigenvalue weighted by atomic mass is 10.2. The van der Waals surface area contributed by atoms with Gasteiger partial charge in [0, 0.05) is 62.5 Å². The molecule has 0 radical (unpaired) electrons. The average Bonchev–Trinajstić information content (AvgIpc) is 3.35. The Balaban J connectivity index is 1.02. The zero-order valence-corrected chi connectivity index (χ0v) is 22.1. The van der Waals surface area contributed by atoms with E-state index in [1.54, 1.807) is 12.1 Å². The highest BCUT2D eigenvalue weighted by Crippen LogP contribution is 2.34. The maximum Gasteiger partial charge on any atom is 0.262 e. The van der Waals surface area contributed by atoms with Crippen LogP contribution in [-0.2, 0) is 11.3 Å². The van der Waals surface area contributed by atoms with E-state index in [0.29, 0.717) is 53.1 Å². The van der Waals surface area contributed by atoms with Gasteiger partial charge in [-0.15, -0.1) is 0 Å². The summed E-state index contributed by atoms with van der Waals surface area (Å²) in [4.78, 5) is 33.2. The monoisotopic (exact) mass is 543 g/mol. The maximum atomic E-state index is 13.0. The molecular formula is C26H30ClN5O4S. The molecule has 0 spiro atoms. The first-order valence-electron chi connectivity index (χ1n) is 12.5. The second-order valence-corrected chi connectivity index (χ2v) is 10.1. The number of ether oxygens (including phenoxy) is 2. The molecule has 0 bridgehead atoms. The van der Waals surface area contributed by atoms with Crippen molar-refractivity contribution >= 4 is 46.3 Å². The van der Waals surface area contributed by atoms with Gasteiger partial charge in [0.2, 0.25) is 12.7 Å². The highest BCUT2D eigenvalue weighted by molar-refractivity contribution is 7.71. The van der Waals surface area contributed by atoms with E-state index >= 15 is 0 Å². The first-order chi connectivity index (χ1) is 18.0.